The number of rotatable bonds is 4. The van der Waals surface area contributed by atoms with Gasteiger partial charge in [-0.3, -0.25) is 9.59 Å². The predicted octanol–water partition coefficient (Wildman–Crippen LogP) is 1.27. The number of aromatic nitrogens is 1. The van der Waals surface area contributed by atoms with Gasteiger partial charge in [0.2, 0.25) is 5.91 Å². The second-order valence-corrected chi connectivity index (χ2v) is 5.06. The smallest absolute Gasteiger partial charge is 0.223 e. The van der Waals surface area contributed by atoms with Crippen LogP contribution in [0.3, 0.4) is 0 Å². The van der Waals surface area contributed by atoms with Gasteiger partial charge >= 0.3 is 0 Å². The Kier molecular flexibility index (Phi) is 3.19. The second kappa shape index (κ2) is 4.99. The van der Waals surface area contributed by atoms with E-state index in [0.29, 0.717) is 24.6 Å². The maximum Gasteiger partial charge on any atom is 0.223 e. The Hall–Kier alpha value is -1.91. The Morgan fingerprint density at radius 3 is 3.00 bits per heavy atom. The van der Waals surface area contributed by atoms with Crippen molar-refractivity contribution in [3.05, 3.63) is 23.4 Å². The average Bonchev–Trinajstić information content (AvgIpc) is 2.68. The summed E-state index contributed by atoms with van der Waals surface area (Å²) in [5.41, 5.74) is 0.736. The molecule has 2 aliphatic carbocycles. The standard InChI is InChI=1S/C14H16N2O3/c17-10-4-5-11-12(8-10)19-13(16-11)6-7-15-14(18)9-2-1-3-9/h4-5,9H,1-3,6-8H2,(H,15,18). The number of carbonyl (C=O) groups is 2. The first-order chi connectivity index (χ1) is 9.22. The van der Waals surface area contributed by atoms with Gasteiger partial charge in [0.1, 0.15) is 11.5 Å². The molecular formula is C14H16N2O3. The highest BCUT2D eigenvalue weighted by Crippen LogP contribution is 2.26. The number of nitrogens with zero attached hydrogens (tertiary/aromatic N) is 1. The maximum atomic E-state index is 11.6. The minimum Gasteiger partial charge on any atom is -0.445 e. The van der Waals surface area contributed by atoms with Crippen LogP contribution in [-0.2, 0) is 22.4 Å². The fourth-order valence-corrected chi connectivity index (χ4v) is 2.27. The Bertz CT molecular complexity index is 541. The van der Waals surface area contributed by atoms with Crippen molar-refractivity contribution in [2.24, 2.45) is 5.92 Å². The van der Waals surface area contributed by atoms with E-state index in [0.717, 1.165) is 25.0 Å². The van der Waals surface area contributed by atoms with Crippen molar-refractivity contribution in [2.45, 2.75) is 32.1 Å². The topological polar surface area (TPSA) is 72.2 Å². The fraction of sp³-hybridized carbons (Fsp3) is 0.500. The molecule has 1 fully saturated rings. The Morgan fingerprint density at radius 1 is 1.42 bits per heavy atom. The van der Waals surface area contributed by atoms with Gasteiger partial charge < -0.3 is 9.73 Å². The van der Waals surface area contributed by atoms with E-state index in [-0.39, 0.29) is 24.0 Å². The van der Waals surface area contributed by atoms with Gasteiger partial charge in [-0.2, -0.15) is 0 Å². The van der Waals surface area contributed by atoms with Gasteiger partial charge in [-0.25, -0.2) is 4.98 Å². The molecule has 1 saturated carbocycles. The monoisotopic (exact) mass is 260 g/mol. The van der Waals surface area contributed by atoms with E-state index in [4.69, 9.17) is 4.42 Å². The van der Waals surface area contributed by atoms with E-state index in [1.807, 2.05) is 0 Å². The van der Waals surface area contributed by atoms with Crippen LogP contribution in [0.15, 0.2) is 10.5 Å². The van der Waals surface area contributed by atoms with E-state index in [2.05, 4.69) is 10.3 Å². The van der Waals surface area contributed by atoms with Gasteiger partial charge in [0.25, 0.3) is 0 Å². The summed E-state index contributed by atoms with van der Waals surface area (Å²) in [6, 6.07) is 0. The zero-order valence-electron chi connectivity index (χ0n) is 10.6. The zero-order chi connectivity index (χ0) is 13.2. The molecule has 2 aliphatic rings. The number of oxazole rings is 1. The fourth-order valence-electron chi connectivity index (χ4n) is 2.27. The molecule has 5 nitrogen and oxygen atoms in total. The van der Waals surface area contributed by atoms with Gasteiger partial charge in [0, 0.05) is 18.9 Å². The minimum absolute atomic E-state index is 0.0356. The third kappa shape index (κ3) is 2.59. The van der Waals surface area contributed by atoms with Crippen molar-refractivity contribution in [3.8, 4) is 0 Å². The molecule has 1 aromatic rings. The van der Waals surface area contributed by atoms with Crippen molar-refractivity contribution in [3.63, 3.8) is 0 Å². The molecule has 100 valence electrons. The van der Waals surface area contributed by atoms with Gasteiger partial charge in [0.15, 0.2) is 11.7 Å². The number of allylic oxidation sites excluding steroid dienone is 1. The summed E-state index contributed by atoms with van der Waals surface area (Å²) in [7, 11) is 0. The lowest BCUT2D eigenvalue weighted by atomic mass is 9.85. The molecule has 0 bridgehead atoms. The first-order valence-electron chi connectivity index (χ1n) is 6.69. The van der Waals surface area contributed by atoms with Crippen LogP contribution in [0.1, 0.15) is 36.6 Å². The molecule has 0 aromatic carbocycles. The average molecular weight is 260 g/mol. The molecule has 0 radical (unpaired) electrons. The van der Waals surface area contributed by atoms with E-state index in [9.17, 15) is 9.59 Å². The molecule has 0 unspecified atom stereocenters. The summed E-state index contributed by atoms with van der Waals surface area (Å²) in [4.78, 5) is 27.2. The van der Waals surface area contributed by atoms with Gasteiger partial charge in [-0.1, -0.05) is 6.42 Å². The molecule has 1 N–H and O–H groups in total. The summed E-state index contributed by atoms with van der Waals surface area (Å²) < 4.78 is 5.52. The van der Waals surface area contributed by atoms with Gasteiger partial charge in [0.05, 0.1) is 6.42 Å². The van der Waals surface area contributed by atoms with Crippen LogP contribution in [0.2, 0.25) is 0 Å². The van der Waals surface area contributed by atoms with E-state index in [1.165, 1.54) is 6.08 Å². The molecule has 1 amide bonds. The Morgan fingerprint density at radius 2 is 2.26 bits per heavy atom. The van der Waals surface area contributed by atoms with Gasteiger partial charge in [-0.15, -0.1) is 0 Å². The summed E-state index contributed by atoms with van der Waals surface area (Å²) in [6.07, 6.45) is 7.22. The first-order valence-corrected chi connectivity index (χ1v) is 6.69. The number of nitrogens with one attached hydrogen (secondary N) is 1. The quantitative estimate of drug-likeness (QED) is 0.885. The lowest BCUT2D eigenvalue weighted by Gasteiger charge is -2.23. The van der Waals surface area contributed by atoms with Crippen molar-refractivity contribution in [2.75, 3.05) is 6.54 Å². The van der Waals surface area contributed by atoms with Crippen molar-refractivity contribution < 1.29 is 14.0 Å². The number of fused-ring (bicyclic) bond motifs is 1. The van der Waals surface area contributed by atoms with Crippen molar-refractivity contribution in [1.29, 1.82) is 0 Å². The van der Waals surface area contributed by atoms with Crippen LogP contribution in [0, 0.1) is 5.92 Å². The third-order valence-corrected chi connectivity index (χ3v) is 3.65. The number of amides is 1. The predicted molar refractivity (Wildman–Crippen MR) is 68.3 cm³/mol. The van der Waals surface area contributed by atoms with Crippen LogP contribution in [0.25, 0.3) is 6.08 Å². The molecule has 0 atom stereocenters. The normalized spacial score (nSPS) is 18.0. The van der Waals surface area contributed by atoms with Crippen LogP contribution in [0.4, 0.5) is 0 Å². The molecular weight excluding hydrogens is 244 g/mol. The lowest BCUT2D eigenvalue weighted by molar-refractivity contribution is -0.127. The molecule has 1 heterocycles. The Balaban J connectivity index is 1.52. The molecule has 0 saturated heterocycles. The number of hydrogen-bond donors (Lipinski definition) is 1. The van der Waals surface area contributed by atoms with E-state index in [1.54, 1.807) is 6.08 Å². The van der Waals surface area contributed by atoms with E-state index < -0.39 is 0 Å². The summed E-state index contributed by atoms with van der Waals surface area (Å²) in [5.74, 6) is 1.59. The highest BCUT2D eigenvalue weighted by molar-refractivity contribution is 5.97. The first kappa shape index (κ1) is 12.1. The van der Waals surface area contributed by atoms with Crippen molar-refractivity contribution in [1.82, 2.24) is 10.3 Å². The zero-order valence-corrected chi connectivity index (χ0v) is 10.6. The minimum atomic E-state index is 0.0356. The SMILES string of the molecule is O=C1C=Cc2nc(CCNC(=O)C3CCC3)oc2C1. The largest absolute Gasteiger partial charge is 0.445 e. The summed E-state index contributed by atoms with van der Waals surface area (Å²) in [6.45, 7) is 0.534. The highest BCUT2D eigenvalue weighted by Gasteiger charge is 2.24. The molecule has 1 aromatic heterocycles. The molecule has 0 aliphatic heterocycles. The Labute approximate surface area is 111 Å². The van der Waals surface area contributed by atoms with Crippen LogP contribution in [-0.4, -0.2) is 23.2 Å². The molecule has 5 heteroatoms. The number of ketones is 1. The molecule has 19 heavy (non-hydrogen) atoms. The molecule has 3 rings (SSSR count). The summed E-state index contributed by atoms with van der Waals surface area (Å²) >= 11 is 0. The lowest BCUT2D eigenvalue weighted by Crippen LogP contribution is -2.35. The van der Waals surface area contributed by atoms with Crippen LogP contribution < -0.4 is 5.32 Å². The number of hydrogen-bond acceptors (Lipinski definition) is 4. The second-order valence-electron chi connectivity index (χ2n) is 5.06. The molecule has 0 spiro atoms. The number of carbonyl (C=O) groups excluding carboxylic acids is 2. The van der Waals surface area contributed by atoms with E-state index >= 15 is 0 Å². The van der Waals surface area contributed by atoms with Gasteiger partial charge in [-0.05, 0) is 25.0 Å². The maximum absolute atomic E-state index is 11.6. The van der Waals surface area contributed by atoms with Crippen molar-refractivity contribution >= 4 is 17.8 Å². The third-order valence-electron chi connectivity index (χ3n) is 3.65. The highest BCUT2D eigenvalue weighted by atomic mass is 16.4. The van der Waals surface area contributed by atoms with Crippen LogP contribution in [0.5, 0.6) is 0 Å². The summed E-state index contributed by atoms with van der Waals surface area (Å²) in [5, 5.41) is 2.90. The van der Waals surface area contributed by atoms with Crippen LogP contribution >= 0.6 is 0 Å².